The fourth-order valence-electron chi connectivity index (χ4n) is 2.42. The van der Waals surface area contributed by atoms with Crippen molar-refractivity contribution in [3.8, 4) is 0 Å². The Morgan fingerprint density at radius 1 is 1.15 bits per heavy atom. The molecule has 1 atom stereocenters. The fraction of sp³-hybridized carbons (Fsp3) is 0.278. The lowest BCUT2D eigenvalue weighted by Crippen LogP contribution is -2.34. The minimum absolute atomic E-state index is 0.0135. The van der Waals surface area contributed by atoms with Crippen LogP contribution in [0.2, 0.25) is 10.0 Å². The lowest BCUT2D eigenvalue weighted by Gasteiger charge is -2.16. The summed E-state index contributed by atoms with van der Waals surface area (Å²) in [6.07, 6.45) is 0.583. The number of nitrogens with one attached hydrogen (secondary N) is 1. The molecule has 0 aromatic heterocycles. The molecule has 5 nitrogen and oxygen atoms in total. The van der Waals surface area contributed by atoms with Crippen LogP contribution in [0.3, 0.4) is 0 Å². The highest BCUT2D eigenvalue weighted by Crippen LogP contribution is 2.22. The number of sulfonamides is 1. The second kappa shape index (κ2) is 8.39. The predicted molar refractivity (Wildman–Crippen MR) is 104 cm³/mol. The maximum Gasteiger partial charge on any atom is 0.253 e. The highest BCUT2D eigenvalue weighted by molar-refractivity contribution is 7.89. The number of amides is 1. The van der Waals surface area contributed by atoms with E-state index in [9.17, 15) is 13.2 Å². The summed E-state index contributed by atoms with van der Waals surface area (Å²) in [6.45, 7) is 1.85. The number of carbonyl (C=O) groups excluding carboxylic acids is 1. The molecule has 0 bridgehead atoms. The van der Waals surface area contributed by atoms with Crippen molar-refractivity contribution in [2.75, 3.05) is 14.1 Å². The molecule has 0 heterocycles. The van der Waals surface area contributed by atoms with E-state index in [4.69, 9.17) is 23.2 Å². The Bertz CT molecular complexity index is 914. The van der Waals surface area contributed by atoms with Crippen LogP contribution in [0, 0.1) is 0 Å². The SMILES string of the molecule is CC(Cc1cccc(Cl)c1)NC(=O)c1cc(S(=O)(=O)N(C)C)ccc1Cl. The number of hydrogen-bond acceptors (Lipinski definition) is 3. The van der Waals surface area contributed by atoms with Crippen LogP contribution in [-0.2, 0) is 16.4 Å². The third-order valence-corrected chi connectivity index (χ3v) is 6.15. The van der Waals surface area contributed by atoms with E-state index in [0.29, 0.717) is 11.4 Å². The number of halogens is 2. The van der Waals surface area contributed by atoms with Crippen molar-refractivity contribution in [2.45, 2.75) is 24.3 Å². The first-order valence-corrected chi connectivity index (χ1v) is 10.1. The van der Waals surface area contributed by atoms with Gasteiger partial charge in [-0.25, -0.2) is 12.7 Å². The van der Waals surface area contributed by atoms with Crippen LogP contribution in [0.25, 0.3) is 0 Å². The highest BCUT2D eigenvalue weighted by Gasteiger charge is 2.21. The van der Waals surface area contributed by atoms with Crippen molar-refractivity contribution >= 4 is 39.1 Å². The van der Waals surface area contributed by atoms with Gasteiger partial charge >= 0.3 is 0 Å². The van der Waals surface area contributed by atoms with Crippen LogP contribution in [0.1, 0.15) is 22.8 Å². The zero-order chi connectivity index (χ0) is 19.5. The molecule has 0 fully saturated rings. The second-order valence-corrected chi connectivity index (χ2v) is 9.13. The second-order valence-electron chi connectivity index (χ2n) is 6.14. The summed E-state index contributed by atoms with van der Waals surface area (Å²) in [6, 6.07) is 11.3. The monoisotopic (exact) mass is 414 g/mol. The Hall–Kier alpha value is -1.60. The number of nitrogens with zero attached hydrogens (tertiary/aromatic N) is 1. The van der Waals surface area contributed by atoms with E-state index >= 15 is 0 Å². The van der Waals surface area contributed by atoms with Crippen LogP contribution in [0.4, 0.5) is 0 Å². The summed E-state index contributed by atoms with van der Waals surface area (Å²) in [5, 5.41) is 3.66. The maximum absolute atomic E-state index is 12.6. The molecule has 1 N–H and O–H groups in total. The van der Waals surface area contributed by atoms with Gasteiger partial charge in [0.15, 0.2) is 0 Å². The van der Waals surface area contributed by atoms with Gasteiger partial charge in [0.05, 0.1) is 15.5 Å². The standard InChI is InChI=1S/C18H20Cl2N2O3S/c1-12(9-13-5-4-6-14(19)10-13)21-18(23)16-11-15(7-8-17(16)20)26(24,25)22(2)3/h4-8,10-12H,9H2,1-3H3,(H,21,23). The number of rotatable bonds is 6. The van der Waals surface area contributed by atoms with Crippen molar-refractivity contribution < 1.29 is 13.2 Å². The molecule has 0 saturated carbocycles. The molecule has 0 spiro atoms. The Labute approximate surface area is 164 Å². The first-order valence-electron chi connectivity index (χ1n) is 7.88. The smallest absolute Gasteiger partial charge is 0.253 e. The summed E-state index contributed by atoms with van der Waals surface area (Å²) >= 11 is 12.1. The Morgan fingerprint density at radius 3 is 2.46 bits per heavy atom. The van der Waals surface area contributed by atoms with Crippen LogP contribution >= 0.6 is 23.2 Å². The maximum atomic E-state index is 12.6. The molecule has 0 aliphatic heterocycles. The van der Waals surface area contributed by atoms with Gasteiger partial charge in [0.1, 0.15) is 0 Å². The molecule has 0 saturated heterocycles. The fourth-order valence-corrected chi connectivity index (χ4v) is 3.76. The summed E-state index contributed by atoms with van der Waals surface area (Å²) in [7, 11) is -0.797. The van der Waals surface area contributed by atoms with Gasteiger partial charge in [-0.2, -0.15) is 0 Å². The van der Waals surface area contributed by atoms with Crippen LogP contribution in [-0.4, -0.2) is 38.8 Å². The average molecular weight is 415 g/mol. The van der Waals surface area contributed by atoms with E-state index in [2.05, 4.69) is 5.32 Å². The molecule has 0 aliphatic rings. The largest absolute Gasteiger partial charge is 0.349 e. The van der Waals surface area contributed by atoms with Gasteiger partial charge in [0.25, 0.3) is 5.91 Å². The van der Waals surface area contributed by atoms with E-state index in [0.717, 1.165) is 9.87 Å². The topological polar surface area (TPSA) is 66.5 Å². The first-order chi connectivity index (χ1) is 12.1. The van der Waals surface area contributed by atoms with Crippen LogP contribution in [0.15, 0.2) is 47.4 Å². The molecule has 0 radical (unpaired) electrons. The average Bonchev–Trinajstić information content (AvgIpc) is 2.54. The van der Waals surface area contributed by atoms with Crippen molar-refractivity contribution in [1.29, 1.82) is 0 Å². The van der Waals surface area contributed by atoms with Gasteiger partial charge in [0, 0.05) is 25.2 Å². The minimum atomic E-state index is -3.65. The minimum Gasteiger partial charge on any atom is -0.349 e. The van der Waals surface area contributed by atoms with Crippen LogP contribution < -0.4 is 5.32 Å². The summed E-state index contributed by atoms with van der Waals surface area (Å²) in [5.74, 6) is -0.430. The van der Waals surface area contributed by atoms with Gasteiger partial charge in [-0.05, 0) is 49.2 Å². The quantitative estimate of drug-likeness (QED) is 0.784. The van der Waals surface area contributed by atoms with E-state index in [1.54, 1.807) is 6.07 Å². The Balaban J connectivity index is 2.18. The molecular formula is C18H20Cl2N2O3S. The first kappa shape index (κ1) is 20.7. The van der Waals surface area contributed by atoms with E-state index in [1.807, 2.05) is 25.1 Å². The Morgan fingerprint density at radius 2 is 1.85 bits per heavy atom. The van der Waals surface area contributed by atoms with E-state index in [-0.39, 0.29) is 21.5 Å². The van der Waals surface area contributed by atoms with Crippen molar-refractivity contribution in [1.82, 2.24) is 9.62 Å². The summed E-state index contributed by atoms with van der Waals surface area (Å²) < 4.78 is 25.6. The van der Waals surface area contributed by atoms with Gasteiger partial charge in [-0.3, -0.25) is 4.79 Å². The van der Waals surface area contributed by atoms with Gasteiger partial charge in [-0.15, -0.1) is 0 Å². The third-order valence-electron chi connectivity index (χ3n) is 3.77. The lowest BCUT2D eigenvalue weighted by molar-refractivity contribution is 0.0940. The van der Waals surface area contributed by atoms with Crippen molar-refractivity contribution in [2.24, 2.45) is 0 Å². The van der Waals surface area contributed by atoms with E-state index in [1.165, 1.54) is 32.3 Å². The number of hydrogen-bond donors (Lipinski definition) is 1. The highest BCUT2D eigenvalue weighted by atomic mass is 35.5. The molecule has 0 aliphatic carbocycles. The molecule has 1 unspecified atom stereocenters. The van der Waals surface area contributed by atoms with Crippen molar-refractivity contribution in [3.05, 3.63) is 63.6 Å². The molecule has 1 amide bonds. The van der Waals surface area contributed by atoms with Gasteiger partial charge < -0.3 is 5.32 Å². The molecule has 2 rings (SSSR count). The molecule has 140 valence electrons. The molecule has 2 aromatic carbocycles. The zero-order valence-corrected chi connectivity index (χ0v) is 17.0. The lowest BCUT2D eigenvalue weighted by atomic mass is 10.1. The summed E-state index contributed by atoms with van der Waals surface area (Å²) in [4.78, 5) is 12.6. The van der Waals surface area contributed by atoms with Gasteiger partial charge in [0.2, 0.25) is 10.0 Å². The normalized spacial score (nSPS) is 12.8. The molecular weight excluding hydrogens is 395 g/mol. The molecule has 2 aromatic rings. The third kappa shape index (κ3) is 4.98. The van der Waals surface area contributed by atoms with E-state index < -0.39 is 15.9 Å². The van der Waals surface area contributed by atoms with Crippen LogP contribution in [0.5, 0.6) is 0 Å². The zero-order valence-electron chi connectivity index (χ0n) is 14.7. The van der Waals surface area contributed by atoms with Crippen molar-refractivity contribution in [3.63, 3.8) is 0 Å². The Kier molecular flexibility index (Phi) is 6.69. The number of benzene rings is 2. The molecule has 8 heteroatoms. The van der Waals surface area contributed by atoms with Gasteiger partial charge in [-0.1, -0.05) is 35.3 Å². The number of carbonyl (C=O) groups is 1. The summed E-state index contributed by atoms with van der Waals surface area (Å²) in [5.41, 5.74) is 1.10. The molecule has 26 heavy (non-hydrogen) atoms. The predicted octanol–water partition coefficient (Wildman–Crippen LogP) is 3.60.